The number of methoxy groups -OCH3 is 1. The minimum atomic E-state index is 0.310. The number of nitrogens with zero attached hydrogens (tertiary/aromatic N) is 2. The van der Waals surface area contributed by atoms with Crippen LogP contribution in [0.1, 0.15) is 46.0 Å². The molecule has 2 fully saturated rings. The SMILES string of the molecule is COCCN1C[C@]2(CCCN(CCC=C(C)C)C2)CCC1=O. The molecule has 2 rings (SSSR count). The van der Waals surface area contributed by atoms with E-state index in [9.17, 15) is 4.79 Å². The van der Waals surface area contributed by atoms with E-state index < -0.39 is 0 Å². The van der Waals surface area contributed by atoms with Crippen molar-refractivity contribution < 1.29 is 9.53 Å². The van der Waals surface area contributed by atoms with E-state index in [2.05, 4.69) is 24.8 Å². The third-order valence-corrected chi connectivity index (χ3v) is 5.05. The van der Waals surface area contributed by atoms with Gasteiger partial charge in [-0.2, -0.15) is 0 Å². The van der Waals surface area contributed by atoms with Crippen molar-refractivity contribution in [1.29, 1.82) is 0 Å². The van der Waals surface area contributed by atoms with E-state index in [1.165, 1.54) is 25.0 Å². The molecule has 0 aliphatic carbocycles. The first-order valence-electron chi connectivity index (χ1n) is 8.67. The molecule has 0 N–H and O–H groups in total. The van der Waals surface area contributed by atoms with E-state index in [-0.39, 0.29) is 0 Å². The summed E-state index contributed by atoms with van der Waals surface area (Å²) in [5.41, 5.74) is 1.73. The van der Waals surface area contributed by atoms with Gasteiger partial charge in [0.15, 0.2) is 0 Å². The molecule has 4 nitrogen and oxygen atoms in total. The predicted octanol–water partition coefficient (Wildman–Crippen LogP) is 2.69. The van der Waals surface area contributed by atoms with Gasteiger partial charge in [0.1, 0.15) is 0 Å². The number of rotatable bonds is 6. The monoisotopic (exact) mass is 308 g/mol. The molecule has 1 amide bonds. The Morgan fingerprint density at radius 1 is 1.27 bits per heavy atom. The van der Waals surface area contributed by atoms with Crippen LogP contribution < -0.4 is 0 Å². The first-order chi connectivity index (χ1) is 10.5. The predicted molar refractivity (Wildman–Crippen MR) is 89.8 cm³/mol. The van der Waals surface area contributed by atoms with Gasteiger partial charge in [-0.15, -0.1) is 0 Å². The summed E-state index contributed by atoms with van der Waals surface area (Å²) in [5, 5.41) is 0. The molecule has 2 saturated heterocycles. The maximum atomic E-state index is 12.1. The van der Waals surface area contributed by atoms with Crippen LogP contribution in [0.2, 0.25) is 0 Å². The zero-order valence-corrected chi connectivity index (χ0v) is 14.6. The van der Waals surface area contributed by atoms with Crippen molar-refractivity contribution in [1.82, 2.24) is 9.80 Å². The van der Waals surface area contributed by atoms with Gasteiger partial charge in [0, 0.05) is 45.1 Å². The van der Waals surface area contributed by atoms with Crippen molar-refractivity contribution in [2.24, 2.45) is 5.41 Å². The molecule has 2 aliphatic heterocycles. The molecule has 1 atom stereocenters. The molecule has 4 heteroatoms. The Morgan fingerprint density at radius 3 is 2.82 bits per heavy atom. The fourth-order valence-corrected chi connectivity index (χ4v) is 3.88. The number of piperidine rings is 2. The quantitative estimate of drug-likeness (QED) is 0.707. The summed E-state index contributed by atoms with van der Waals surface area (Å²) in [4.78, 5) is 16.7. The second-order valence-corrected chi connectivity index (χ2v) is 7.26. The molecule has 0 aromatic heterocycles. The van der Waals surface area contributed by atoms with Crippen LogP contribution in [0.25, 0.3) is 0 Å². The number of amides is 1. The van der Waals surface area contributed by atoms with E-state index >= 15 is 0 Å². The molecule has 0 aromatic carbocycles. The Hall–Kier alpha value is -0.870. The van der Waals surface area contributed by atoms with Gasteiger partial charge in [0.05, 0.1) is 6.61 Å². The molecule has 0 bridgehead atoms. The second kappa shape index (κ2) is 8.11. The van der Waals surface area contributed by atoms with Gasteiger partial charge in [-0.25, -0.2) is 0 Å². The molecule has 0 unspecified atom stereocenters. The Labute approximate surface area is 135 Å². The number of allylic oxidation sites excluding steroid dienone is 1. The summed E-state index contributed by atoms with van der Waals surface area (Å²) < 4.78 is 5.15. The van der Waals surface area contributed by atoms with Crippen LogP contribution in [-0.4, -0.2) is 62.1 Å². The Kier molecular flexibility index (Phi) is 6.45. The van der Waals surface area contributed by atoms with Gasteiger partial charge >= 0.3 is 0 Å². The van der Waals surface area contributed by atoms with Crippen molar-refractivity contribution in [3.8, 4) is 0 Å². The average molecular weight is 308 g/mol. The lowest BCUT2D eigenvalue weighted by Crippen LogP contribution is -2.54. The van der Waals surface area contributed by atoms with E-state index in [4.69, 9.17) is 4.74 Å². The summed E-state index contributed by atoms with van der Waals surface area (Å²) in [6.07, 6.45) is 7.78. The molecule has 1 spiro atoms. The largest absolute Gasteiger partial charge is 0.383 e. The van der Waals surface area contributed by atoms with Gasteiger partial charge < -0.3 is 14.5 Å². The number of carbonyl (C=O) groups excluding carboxylic acids is 1. The molecule has 0 aromatic rings. The lowest BCUT2D eigenvalue weighted by Gasteiger charge is -2.48. The van der Waals surface area contributed by atoms with Gasteiger partial charge in [-0.3, -0.25) is 4.79 Å². The summed E-state index contributed by atoms with van der Waals surface area (Å²) in [6, 6.07) is 0. The summed E-state index contributed by atoms with van der Waals surface area (Å²) in [6.45, 7) is 10.2. The average Bonchev–Trinajstić information content (AvgIpc) is 2.48. The van der Waals surface area contributed by atoms with Crippen LogP contribution in [0, 0.1) is 5.41 Å². The molecule has 0 radical (unpaired) electrons. The molecule has 22 heavy (non-hydrogen) atoms. The molecule has 0 saturated carbocycles. The number of ether oxygens (including phenoxy) is 1. The minimum absolute atomic E-state index is 0.310. The van der Waals surface area contributed by atoms with E-state index in [1.807, 2.05) is 4.90 Å². The van der Waals surface area contributed by atoms with Crippen LogP contribution in [-0.2, 0) is 9.53 Å². The standard InChI is InChI=1S/C18H32N2O2/c1-16(2)6-4-10-19-11-5-8-18(14-19)9-7-17(21)20(15-18)12-13-22-3/h6H,4-5,7-15H2,1-3H3/t18-/m1/s1. The number of likely N-dealkylation sites (tertiary alicyclic amines) is 2. The number of hydrogen-bond donors (Lipinski definition) is 0. The highest BCUT2D eigenvalue weighted by atomic mass is 16.5. The maximum absolute atomic E-state index is 12.1. The first kappa shape index (κ1) is 17.5. The third-order valence-electron chi connectivity index (χ3n) is 5.05. The first-order valence-corrected chi connectivity index (χ1v) is 8.67. The van der Waals surface area contributed by atoms with Gasteiger partial charge in [-0.05, 0) is 46.1 Å². The van der Waals surface area contributed by atoms with Gasteiger partial charge in [0.25, 0.3) is 0 Å². The van der Waals surface area contributed by atoms with Crippen LogP contribution >= 0.6 is 0 Å². The second-order valence-electron chi connectivity index (χ2n) is 7.26. The van der Waals surface area contributed by atoms with Gasteiger partial charge in [0.2, 0.25) is 5.91 Å². The topological polar surface area (TPSA) is 32.8 Å². The normalized spacial score (nSPS) is 26.5. The fourth-order valence-electron chi connectivity index (χ4n) is 3.88. The molecular weight excluding hydrogens is 276 g/mol. The summed E-state index contributed by atoms with van der Waals surface area (Å²) in [7, 11) is 1.70. The Balaban J connectivity index is 1.91. The Bertz CT molecular complexity index is 404. The van der Waals surface area contributed by atoms with E-state index in [0.717, 1.165) is 39.0 Å². The minimum Gasteiger partial charge on any atom is -0.383 e. The van der Waals surface area contributed by atoms with Crippen LogP contribution in [0.5, 0.6) is 0 Å². The summed E-state index contributed by atoms with van der Waals surface area (Å²) in [5.74, 6) is 0.310. The van der Waals surface area contributed by atoms with Crippen molar-refractivity contribution in [3.05, 3.63) is 11.6 Å². The van der Waals surface area contributed by atoms with E-state index in [1.54, 1.807) is 7.11 Å². The lowest BCUT2D eigenvalue weighted by atomic mass is 9.73. The highest BCUT2D eigenvalue weighted by Gasteiger charge is 2.41. The highest BCUT2D eigenvalue weighted by molar-refractivity contribution is 5.77. The Morgan fingerprint density at radius 2 is 2.09 bits per heavy atom. The number of carbonyl (C=O) groups is 1. The lowest BCUT2D eigenvalue weighted by molar-refractivity contribution is -0.140. The number of hydrogen-bond acceptors (Lipinski definition) is 3. The molecular formula is C18H32N2O2. The van der Waals surface area contributed by atoms with Crippen molar-refractivity contribution >= 4 is 5.91 Å². The maximum Gasteiger partial charge on any atom is 0.222 e. The van der Waals surface area contributed by atoms with Crippen LogP contribution in [0.3, 0.4) is 0 Å². The van der Waals surface area contributed by atoms with Crippen LogP contribution in [0.15, 0.2) is 11.6 Å². The molecule has 2 heterocycles. The van der Waals surface area contributed by atoms with Gasteiger partial charge in [-0.1, -0.05) is 11.6 Å². The molecule has 126 valence electrons. The van der Waals surface area contributed by atoms with E-state index in [0.29, 0.717) is 24.3 Å². The highest BCUT2D eigenvalue weighted by Crippen LogP contribution is 2.38. The zero-order chi connectivity index (χ0) is 16.0. The third kappa shape index (κ3) is 4.82. The van der Waals surface area contributed by atoms with Crippen molar-refractivity contribution in [2.45, 2.75) is 46.0 Å². The van der Waals surface area contributed by atoms with Crippen molar-refractivity contribution in [3.63, 3.8) is 0 Å². The summed E-state index contributed by atoms with van der Waals surface area (Å²) >= 11 is 0. The smallest absolute Gasteiger partial charge is 0.222 e. The van der Waals surface area contributed by atoms with Crippen LogP contribution in [0.4, 0.5) is 0 Å². The zero-order valence-electron chi connectivity index (χ0n) is 14.6. The fraction of sp³-hybridized carbons (Fsp3) is 0.833. The van der Waals surface area contributed by atoms with Crippen molar-refractivity contribution in [2.75, 3.05) is 46.4 Å². The molecule has 2 aliphatic rings.